The van der Waals surface area contributed by atoms with E-state index >= 15 is 0 Å². The van der Waals surface area contributed by atoms with Gasteiger partial charge in [-0.1, -0.05) is 12.1 Å². The maximum Gasteiger partial charge on any atom is 0.00718 e. The maximum absolute atomic E-state index is 4.27. The van der Waals surface area contributed by atoms with Gasteiger partial charge in [0, 0.05) is 4.90 Å². The number of thiol groups is 1. The molecule has 0 aliphatic heterocycles. The van der Waals surface area contributed by atoms with Gasteiger partial charge in [-0.2, -0.15) is 0 Å². The van der Waals surface area contributed by atoms with Crippen LogP contribution in [-0.4, -0.2) is 0 Å². The minimum absolute atomic E-state index is 0. The van der Waals surface area contributed by atoms with Crippen LogP contribution in [-0.2, 0) is 0 Å². The van der Waals surface area contributed by atoms with E-state index in [4.69, 9.17) is 0 Å². The topological polar surface area (TPSA) is 0 Å². The molecule has 0 aromatic heterocycles. The van der Waals surface area contributed by atoms with Crippen LogP contribution in [0.2, 0.25) is 0 Å². The number of hydrogen-bond acceptors (Lipinski definition) is 1. The Kier molecular flexibility index (Phi) is 26.2. The zero-order valence-electron chi connectivity index (χ0n) is 7.72. The lowest BCUT2D eigenvalue weighted by Crippen LogP contribution is -1.79. The summed E-state index contributed by atoms with van der Waals surface area (Å²) in [6.07, 6.45) is 0. The quantitative estimate of drug-likeness (QED) is 0.531. The molecule has 0 saturated heterocycles. The van der Waals surface area contributed by atoms with Gasteiger partial charge >= 0.3 is 0 Å². The van der Waals surface area contributed by atoms with Crippen LogP contribution in [0.25, 0.3) is 0 Å². The molecule has 14 heavy (non-hydrogen) atoms. The predicted molar refractivity (Wildman–Crippen MR) is 60.4 cm³/mol. The van der Waals surface area contributed by atoms with E-state index < -0.39 is 0 Å². The summed E-state index contributed by atoms with van der Waals surface area (Å²) < 4.78 is 0. The molecule has 0 amide bonds. The molecule has 1 rings (SSSR count). The smallest absolute Gasteiger partial charge is 0.00718 e. The molecule has 0 unspecified atom stereocenters. The van der Waals surface area contributed by atoms with Crippen LogP contribution in [0.3, 0.4) is 0 Å². The second-order valence-corrected chi connectivity index (χ2v) is 2.70. The molecule has 6 heteroatoms. The molecule has 0 radical (unpaired) electrons. The number of rotatable bonds is 0. The highest BCUT2D eigenvalue weighted by Crippen LogP contribution is 2.15. The first-order chi connectivity index (χ1) is 4.22. The molecule has 1 aromatic rings. The van der Waals surface area contributed by atoms with Crippen LogP contribution < -0.4 is 0 Å². The van der Waals surface area contributed by atoms with Crippen molar-refractivity contribution in [3.8, 4) is 0 Å². The summed E-state index contributed by atoms with van der Waals surface area (Å²) in [7, 11) is 0. The molecule has 1 aromatic carbocycles. The minimum atomic E-state index is 0. The fraction of sp³-hybridized carbons (Fsp3) is 0.250. The van der Waals surface area contributed by atoms with Crippen molar-refractivity contribution in [2.45, 2.75) is 18.7 Å². The van der Waals surface area contributed by atoms with Crippen LogP contribution in [0.4, 0.5) is 18.8 Å². The highest BCUT2D eigenvalue weighted by Gasteiger charge is 1.92. The van der Waals surface area contributed by atoms with Gasteiger partial charge in [0.25, 0.3) is 0 Å². The summed E-state index contributed by atoms with van der Waals surface area (Å²) in [6.45, 7) is 4.17. The third-order valence-electron chi connectivity index (χ3n) is 1.58. The van der Waals surface area contributed by atoms with E-state index in [0.29, 0.717) is 0 Å². The summed E-state index contributed by atoms with van der Waals surface area (Å²) in [5.41, 5.74) is 2.59. The van der Waals surface area contributed by atoms with Gasteiger partial charge < -0.3 is 0 Å². The highest BCUT2D eigenvalue weighted by molar-refractivity contribution is 7.80. The first-order valence-corrected chi connectivity index (χ1v) is 3.41. The summed E-state index contributed by atoms with van der Waals surface area (Å²) >= 11 is 4.27. The zero-order valence-corrected chi connectivity index (χ0v) is 9.43. The fourth-order valence-electron chi connectivity index (χ4n) is 0.736. The van der Waals surface area contributed by atoms with Gasteiger partial charge in [-0.05, 0) is 31.0 Å². The lowest BCUT2D eigenvalue weighted by atomic mass is 10.1. The fourth-order valence-corrected chi connectivity index (χ4v) is 0.998. The van der Waals surface area contributed by atoms with Crippen LogP contribution in [0.15, 0.2) is 23.1 Å². The average Bonchev–Trinajstić information content (AvgIpc) is 1.83. The van der Waals surface area contributed by atoms with Crippen molar-refractivity contribution in [2.24, 2.45) is 0 Å². The molecular weight excluding hydrogens is 240 g/mol. The monoisotopic (exact) mass is 254 g/mol. The standard InChI is InChI=1S/C8H10S.ClH.4FH/c1-6-4-3-5-8(9)7(6)2;;;;;/h3-5,9H,1-2H3;5*1H. The van der Waals surface area contributed by atoms with E-state index in [-0.39, 0.29) is 31.2 Å². The van der Waals surface area contributed by atoms with E-state index in [0.717, 1.165) is 4.90 Å². The Balaban J connectivity index is -0.0000000540. The lowest BCUT2D eigenvalue weighted by molar-refractivity contribution is 1.11. The summed E-state index contributed by atoms with van der Waals surface area (Å²) in [4.78, 5) is 1.08. The molecule has 0 N–H and O–H groups in total. The molecule has 0 aliphatic rings. The Morgan fingerprint density at radius 2 is 1.36 bits per heavy atom. The van der Waals surface area contributed by atoms with Gasteiger partial charge in [0.15, 0.2) is 0 Å². The van der Waals surface area contributed by atoms with Gasteiger partial charge in [0.2, 0.25) is 0 Å². The summed E-state index contributed by atoms with van der Waals surface area (Å²) in [5, 5.41) is 0. The van der Waals surface area contributed by atoms with Crippen molar-refractivity contribution in [3.63, 3.8) is 0 Å². The Bertz CT molecular complexity index is 212. The number of hydrogen-bond donors (Lipinski definition) is 1. The normalized spacial score (nSPS) is 6.21. The van der Waals surface area contributed by atoms with E-state index in [9.17, 15) is 0 Å². The van der Waals surface area contributed by atoms with Crippen LogP contribution in [0.1, 0.15) is 11.1 Å². The Morgan fingerprint density at radius 3 is 1.64 bits per heavy atom. The molecule has 0 spiro atoms. The van der Waals surface area contributed by atoms with Crippen LogP contribution in [0.5, 0.6) is 0 Å². The van der Waals surface area contributed by atoms with Crippen molar-refractivity contribution in [3.05, 3.63) is 29.3 Å². The minimum Gasteiger partial charge on any atom is -0.269 e. The molecule has 0 atom stereocenters. The molecule has 0 nitrogen and oxygen atoms in total. The third-order valence-corrected chi connectivity index (χ3v) is 2.06. The molecule has 0 bridgehead atoms. The first kappa shape index (κ1) is 29.2. The largest absolute Gasteiger partial charge is 0.269 e. The van der Waals surface area contributed by atoms with Crippen LogP contribution >= 0.6 is 25.0 Å². The van der Waals surface area contributed by atoms with Gasteiger partial charge in [0.1, 0.15) is 0 Å². The molecule has 0 heterocycles. The van der Waals surface area contributed by atoms with Gasteiger partial charge in [-0.15, -0.1) is 25.0 Å². The average molecular weight is 255 g/mol. The molecular formula is C8H15ClF4S. The van der Waals surface area contributed by atoms with Gasteiger partial charge in [-0.25, -0.2) is 0 Å². The SMILES string of the molecule is Cc1cccc(S)c1C.Cl.F.F.F.F. The van der Waals surface area contributed by atoms with Crippen LogP contribution in [0, 0.1) is 13.8 Å². The Labute approximate surface area is 92.4 Å². The molecule has 0 saturated carbocycles. The summed E-state index contributed by atoms with van der Waals surface area (Å²) in [6, 6.07) is 6.12. The van der Waals surface area contributed by atoms with Crippen molar-refractivity contribution in [1.29, 1.82) is 0 Å². The zero-order chi connectivity index (χ0) is 6.85. The van der Waals surface area contributed by atoms with E-state index in [2.05, 4.69) is 32.5 Å². The first-order valence-electron chi connectivity index (χ1n) is 2.97. The number of aryl methyl sites for hydroxylation is 1. The van der Waals surface area contributed by atoms with Crippen molar-refractivity contribution in [2.75, 3.05) is 0 Å². The molecule has 0 fully saturated rings. The van der Waals surface area contributed by atoms with E-state index in [1.165, 1.54) is 11.1 Å². The van der Waals surface area contributed by atoms with Crippen molar-refractivity contribution < 1.29 is 18.8 Å². The van der Waals surface area contributed by atoms with Gasteiger partial charge in [-0.3, -0.25) is 18.8 Å². The number of benzene rings is 1. The lowest BCUT2D eigenvalue weighted by Gasteiger charge is -2.00. The molecule has 88 valence electrons. The Morgan fingerprint density at radius 1 is 0.929 bits per heavy atom. The van der Waals surface area contributed by atoms with Gasteiger partial charge in [0.05, 0.1) is 0 Å². The highest BCUT2D eigenvalue weighted by atomic mass is 35.5. The van der Waals surface area contributed by atoms with Crippen molar-refractivity contribution >= 4 is 25.0 Å². The van der Waals surface area contributed by atoms with Crippen molar-refractivity contribution in [1.82, 2.24) is 0 Å². The summed E-state index contributed by atoms with van der Waals surface area (Å²) in [5.74, 6) is 0. The van der Waals surface area contributed by atoms with E-state index in [1.807, 2.05) is 12.1 Å². The maximum atomic E-state index is 4.27. The second-order valence-electron chi connectivity index (χ2n) is 2.22. The second kappa shape index (κ2) is 12.6. The third kappa shape index (κ3) is 7.03. The predicted octanol–water partition coefficient (Wildman–Crippen LogP) is 3.62. The van der Waals surface area contributed by atoms with E-state index in [1.54, 1.807) is 0 Å². The Hall–Kier alpha value is -0.420. The molecule has 0 aliphatic carbocycles. The number of halogens is 5.